The molecule has 1 unspecified atom stereocenters. The lowest BCUT2D eigenvalue weighted by atomic mass is 9.89. The van der Waals surface area contributed by atoms with Crippen molar-refractivity contribution in [3.8, 4) is 0 Å². The van der Waals surface area contributed by atoms with Crippen LogP contribution in [0.5, 0.6) is 0 Å². The lowest BCUT2D eigenvalue weighted by Gasteiger charge is -2.15. The first kappa shape index (κ1) is 15.5. The number of hydrogen-bond acceptors (Lipinski definition) is 3. The van der Waals surface area contributed by atoms with Crippen molar-refractivity contribution in [3.63, 3.8) is 0 Å². The van der Waals surface area contributed by atoms with E-state index < -0.39 is 23.8 Å². The molecule has 6 heteroatoms. The summed E-state index contributed by atoms with van der Waals surface area (Å²) in [5, 5.41) is 28.4. The number of carboxylic acid groups (broad SMARTS) is 3. The highest BCUT2D eigenvalue weighted by molar-refractivity contribution is 5.97. The quantitative estimate of drug-likeness (QED) is 0.781. The lowest BCUT2D eigenvalue weighted by molar-refractivity contribution is -0.139. The van der Waals surface area contributed by atoms with Gasteiger partial charge in [0.25, 0.3) is 0 Å². The smallest absolute Gasteiger partial charge is 0.335 e. The molecule has 0 aliphatic heterocycles. The van der Waals surface area contributed by atoms with Crippen LogP contribution in [0.1, 0.15) is 34.3 Å². The van der Waals surface area contributed by atoms with Gasteiger partial charge in [0.15, 0.2) is 0 Å². The summed E-state index contributed by atoms with van der Waals surface area (Å²) < 4.78 is 0. The van der Waals surface area contributed by atoms with Crippen LogP contribution in [0.2, 0.25) is 0 Å². The SMILES string of the molecule is CC(C(=O)O)c1ccc2cc(C(=O)O)ccc2c1CC(=O)O. The van der Waals surface area contributed by atoms with Crippen molar-refractivity contribution < 1.29 is 29.7 Å². The van der Waals surface area contributed by atoms with Crippen LogP contribution < -0.4 is 0 Å². The zero-order valence-corrected chi connectivity index (χ0v) is 11.7. The number of benzene rings is 2. The van der Waals surface area contributed by atoms with Gasteiger partial charge in [0.05, 0.1) is 17.9 Å². The lowest BCUT2D eigenvalue weighted by Crippen LogP contribution is -2.13. The zero-order chi connectivity index (χ0) is 16.4. The second kappa shape index (κ2) is 5.85. The van der Waals surface area contributed by atoms with Crippen LogP contribution in [0.25, 0.3) is 10.8 Å². The number of carbonyl (C=O) groups is 3. The van der Waals surface area contributed by atoms with Crippen molar-refractivity contribution in [2.24, 2.45) is 0 Å². The first-order chi connectivity index (χ1) is 10.3. The van der Waals surface area contributed by atoms with Crippen LogP contribution in [-0.2, 0) is 16.0 Å². The summed E-state index contributed by atoms with van der Waals surface area (Å²) in [5.74, 6) is -4.05. The second-order valence-electron chi connectivity index (χ2n) is 5.00. The first-order valence-electron chi connectivity index (χ1n) is 6.54. The molecule has 3 N–H and O–H groups in total. The van der Waals surface area contributed by atoms with E-state index in [2.05, 4.69) is 0 Å². The van der Waals surface area contributed by atoms with Gasteiger partial charge in [-0.1, -0.05) is 18.2 Å². The Morgan fingerprint density at radius 1 is 1.05 bits per heavy atom. The van der Waals surface area contributed by atoms with Gasteiger partial charge in [-0.3, -0.25) is 9.59 Å². The van der Waals surface area contributed by atoms with Crippen LogP contribution in [0.3, 0.4) is 0 Å². The number of rotatable bonds is 5. The van der Waals surface area contributed by atoms with Gasteiger partial charge in [0.1, 0.15) is 0 Å². The zero-order valence-electron chi connectivity index (χ0n) is 11.7. The fourth-order valence-electron chi connectivity index (χ4n) is 2.43. The maximum Gasteiger partial charge on any atom is 0.335 e. The highest BCUT2D eigenvalue weighted by Crippen LogP contribution is 2.29. The Morgan fingerprint density at radius 3 is 2.27 bits per heavy atom. The van der Waals surface area contributed by atoms with E-state index in [-0.39, 0.29) is 12.0 Å². The molecule has 0 amide bonds. The van der Waals surface area contributed by atoms with Gasteiger partial charge in [-0.25, -0.2) is 4.79 Å². The van der Waals surface area contributed by atoms with Crippen molar-refractivity contribution in [2.45, 2.75) is 19.3 Å². The maximum absolute atomic E-state index is 11.2. The Balaban J connectivity index is 2.72. The molecule has 2 aromatic rings. The molecule has 0 heterocycles. The number of fused-ring (bicyclic) bond motifs is 1. The monoisotopic (exact) mass is 302 g/mol. The fourth-order valence-corrected chi connectivity index (χ4v) is 2.43. The molecule has 6 nitrogen and oxygen atoms in total. The largest absolute Gasteiger partial charge is 0.481 e. The first-order valence-corrected chi connectivity index (χ1v) is 6.54. The van der Waals surface area contributed by atoms with Crippen molar-refractivity contribution in [2.75, 3.05) is 0 Å². The number of hydrogen-bond donors (Lipinski definition) is 3. The van der Waals surface area contributed by atoms with E-state index in [1.54, 1.807) is 12.1 Å². The van der Waals surface area contributed by atoms with Gasteiger partial charge in [0, 0.05) is 0 Å². The molecule has 0 bridgehead atoms. The predicted molar refractivity (Wildman–Crippen MR) is 78.3 cm³/mol. The molecule has 0 fully saturated rings. The van der Waals surface area contributed by atoms with Crippen LogP contribution in [-0.4, -0.2) is 33.2 Å². The maximum atomic E-state index is 11.2. The summed E-state index contributed by atoms with van der Waals surface area (Å²) in [6, 6.07) is 7.51. The van der Waals surface area contributed by atoms with E-state index in [0.29, 0.717) is 21.9 Å². The average Bonchev–Trinajstić information content (AvgIpc) is 2.45. The molecule has 22 heavy (non-hydrogen) atoms. The highest BCUT2D eigenvalue weighted by atomic mass is 16.4. The third kappa shape index (κ3) is 2.90. The van der Waals surface area contributed by atoms with Crippen LogP contribution in [0, 0.1) is 0 Å². The second-order valence-corrected chi connectivity index (χ2v) is 5.00. The molecular formula is C16H14O6. The molecule has 1 atom stereocenters. The van der Waals surface area contributed by atoms with Crippen LogP contribution >= 0.6 is 0 Å². The Hall–Kier alpha value is -2.89. The standard InChI is InChI=1S/C16H14O6/c1-8(15(19)20)11-4-2-9-6-10(16(21)22)3-5-12(9)13(11)7-14(17)18/h2-6,8H,7H2,1H3,(H,17,18)(H,19,20)(H,21,22). The van der Waals surface area contributed by atoms with Crippen LogP contribution in [0.15, 0.2) is 30.3 Å². The van der Waals surface area contributed by atoms with E-state index >= 15 is 0 Å². The van der Waals surface area contributed by atoms with Crippen molar-refractivity contribution >= 4 is 28.7 Å². The van der Waals surface area contributed by atoms with Gasteiger partial charge in [0.2, 0.25) is 0 Å². The summed E-state index contributed by atoms with van der Waals surface area (Å²) in [6.07, 6.45) is -0.323. The molecule has 0 saturated carbocycles. The molecule has 0 aliphatic rings. The minimum Gasteiger partial charge on any atom is -0.481 e. The van der Waals surface area contributed by atoms with Crippen molar-refractivity contribution in [1.82, 2.24) is 0 Å². The third-order valence-corrected chi connectivity index (χ3v) is 3.58. The average molecular weight is 302 g/mol. The van der Waals surface area contributed by atoms with E-state index in [0.717, 1.165) is 0 Å². The minimum absolute atomic E-state index is 0.0906. The summed E-state index contributed by atoms with van der Waals surface area (Å²) in [6.45, 7) is 1.49. The number of aromatic carboxylic acids is 1. The third-order valence-electron chi connectivity index (χ3n) is 3.58. The van der Waals surface area contributed by atoms with Crippen LogP contribution in [0.4, 0.5) is 0 Å². The molecule has 0 saturated heterocycles. The van der Waals surface area contributed by atoms with E-state index in [1.807, 2.05) is 0 Å². The molecule has 0 aliphatic carbocycles. The molecule has 2 aromatic carbocycles. The van der Waals surface area contributed by atoms with Gasteiger partial charge in [-0.05, 0) is 41.0 Å². The van der Waals surface area contributed by atoms with Gasteiger partial charge in [-0.15, -0.1) is 0 Å². The molecule has 0 aromatic heterocycles. The van der Waals surface area contributed by atoms with Crippen molar-refractivity contribution in [1.29, 1.82) is 0 Å². The fraction of sp³-hybridized carbons (Fsp3) is 0.188. The summed E-state index contributed by atoms with van der Waals surface area (Å²) in [4.78, 5) is 33.3. The Kier molecular flexibility index (Phi) is 4.12. The molecule has 0 radical (unpaired) electrons. The van der Waals surface area contributed by atoms with E-state index in [9.17, 15) is 14.4 Å². The Labute approximate surface area is 125 Å². The van der Waals surface area contributed by atoms with E-state index in [1.165, 1.54) is 25.1 Å². The van der Waals surface area contributed by atoms with Gasteiger partial charge in [-0.2, -0.15) is 0 Å². The summed E-state index contributed by atoms with van der Waals surface area (Å²) >= 11 is 0. The molecule has 114 valence electrons. The topological polar surface area (TPSA) is 112 Å². The van der Waals surface area contributed by atoms with Gasteiger partial charge < -0.3 is 15.3 Å². The molecule has 0 spiro atoms. The number of carboxylic acids is 3. The summed E-state index contributed by atoms with van der Waals surface area (Å²) in [7, 11) is 0. The highest BCUT2D eigenvalue weighted by Gasteiger charge is 2.21. The Morgan fingerprint density at radius 2 is 1.73 bits per heavy atom. The normalized spacial score (nSPS) is 12.0. The minimum atomic E-state index is -1.08. The molecule has 2 rings (SSSR count). The summed E-state index contributed by atoms with van der Waals surface area (Å²) in [5.41, 5.74) is 0.912. The number of aliphatic carboxylic acids is 2. The Bertz CT molecular complexity index is 778. The van der Waals surface area contributed by atoms with Crippen molar-refractivity contribution in [3.05, 3.63) is 47.0 Å². The molecular weight excluding hydrogens is 288 g/mol. The van der Waals surface area contributed by atoms with Gasteiger partial charge >= 0.3 is 17.9 Å². The predicted octanol–water partition coefficient (Wildman–Crippen LogP) is 2.35. The van der Waals surface area contributed by atoms with E-state index in [4.69, 9.17) is 15.3 Å².